The number of nitrogens with zero attached hydrogens (tertiary/aromatic N) is 3. The molecule has 0 amide bonds. The molecule has 1 heterocycles. The second-order valence-electron chi connectivity index (χ2n) is 5.31. The quantitative estimate of drug-likeness (QED) is 0.478. The molecular formula is C16H14N4O6S. The van der Waals surface area contributed by atoms with Gasteiger partial charge >= 0.3 is 0 Å². The topological polar surface area (TPSA) is 137 Å². The molecule has 0 aliphatic heterocycles. The summed E-state index contributed by atoms with van der Waals surface area (Å²) < 4.78 is 37.4. The third kappa shape index (κ3) is 4.27. The summed E-state index contributed by atoms with van der Waals surface area (Å²) in [5.41, 5.74) is 0.297. The maximum atomic E-state index is 12.3. The summed E-state index contributed by atoms with van der Waals surface area (Å²) in [5, 5.41) is 18.5. The van der Waals surface area contributed by atoms with E-state index in [1.165, 1.54) is 25.3 Å². The van der Waals surface area contributed by atoms with Crippen LogP contribution in [-0.4, -0.2) is 30.6 Å². The van der Waals surface area contributed by atoms with Crippen molar-refractivity contribution in [2.24, 2.45) is 0 Å². The first-order valence-electron chi connectivity index (χ1n) is 7.60. The number of ether oxygens (including phenoxy) is 1. The molecule has 0 spiro atoms. The first kappa shape index (κ1) is 18.5. The average molecular weight is 390 g/mol. The van der Waals surface area contributed by atoms with Crippen molar-refractivity contribution in [2.45, 2.75) is 11.4 Å². The highest BCUT2D eigenvalue weighted by molar-refractivity contribution is 7.89. The molecule has 27 heavy (non-hydrogen) atoms. The average Bonchev–Trinajstić information content (AvgIpc) is 3.16. The Labute approximate surface area is 154 Å². The lowest BCUT2D eigenvalue weighted by Gasteiger charge is -2.04. The minimum atomic E-state index is -3.98. The molecule has 0 saturated heterocycles. The largest absolute Gasteiger partial charge is 0.497 e. The van der Waals surface area contributed by atoms with E-state index in [1.54, 1.807) is 24.3 Å². The number of nitro benzene ring substituents is 1. The van der Waals surface area contributed by atoms with E-state index in [0.717, 1.165) is 6.07 Å². The van der Waals surface area contributed by atoms with E-state index in [0.29, 0.717) is 11.3 Å². The van der Waals surface area contributed by atoms with Crippen LogP contribution >= 0.6 is 0 Å². The monoisotopic (exact) mass is 390 g/mol. The summed E-state index contributed by atoms with van der Waals surface area (Å²) in [6.45, 7) is -0.262. The summed E-state index contributed by atoms with van der Waals surface area (Å²) in [4.78, 5) is 9.89. The van der Waals surface area contributed by atoms with Crippen LogP contribution in [0.1, 0.15) is 5.89 Å². The van der Waals surface area contributed by atoms with Crippen LogP contribution in [0.2, 0.25) is 0 Å². The fourth-order valence-corrected chi connectivity index (χ4v) is 3.22. The number of nitro groups is 1. The third-order valence-corrected chi connectivity index (χ3v) is 4.93. The highest BCUT2D eigenvalue weighted by Gasteiger charge is 2.19. The van der Waals surface area contributed by atoms with E-state index in [4.69, 9.17) is 9.15 Å². The molecule has 0 radical (unpaired) electrons. The lowest BCUT2D eigenvalue weighted by molar-refractivity contribution is -0.385. The smallest absolute Gasteiger partial charge is 0.270 e. The van der Waals surface area contributed by atoms with Crippen molar-refractivity contribution in [3.05, 3.63) is 64.5 Å². The molecule has 10 nitrogen and oxygen atoms in total. The number of aromatic nitrogens is 2. The van der Waals surface area contributed by atoms with Crippen LogP contribution < -0.4 is 9.46 Å². The van der Waals surface area contributed by atoms with Crippen LogP contribution in [0.25, 0.3) is 11.5 Å². The second-order valence-corrected chi connectivity index (χ2v) is 7.08. The number of rotatable bonds is 7. The Morgan fingerprint density at radius 2 is 1.96 bits per heavy atom. The van der Waals surface area contributed by atoms with Gasteiger partial charge < -0.3 is 9.15 Å². The summed E-state index contributed by atoms with van der Waals surface area (Å²) >= 11 is 0. The van der Waals surface area contributed by atoms with Crippen molar-refractivity contribution in [1.29, 1.82) is 0 Å². The van der Waals surface area contributed by atoms with Crippen LogP contribution in [0.5, 0.6) is 5.75 Å². The fraction of sp³-hybridized carbons (Fsp3) is 0.125. The Morgan fingerprint density at radius 1 is 1.19 bits per heavy atom. The molecule has 1 N–H and O–H groups in total. The van der Waals surface area contributed by atoms with Gasteiger partial charge in [-0.3, -0.25) is 10.1 Å². The lowest BCUT2D eigenvalue weighted by atomic mass is 10.2. The van der Waals surface area contributed by atoms with Crippen LogP contribution in [0.4, 0.5) is 5.69 Å². The Morgan fingerprint density at radius 3 is 2.70 bits per heavy atom. The van der Waals surface area contributed by atoms with Crippen molar-refractivity contribution in [3.8, 4) is 17.2 Å². The van der Waals surface area contributed by atoms with Gasteiger partial charge in [-0.05, 0) is 24.3 Å². The Hall–Kier alpha value is -3.31. The number of non-ortho nitro benzene ring substituents is 1. The normalized spacial score (nSPS) is 11.3. The van der Waals surface area contributed by atoms with Gasteiger partial charge in [0, 0.05) is 17.7 Å². The first-order valence-corrected chi connectivity index (χ1v) is 9.08. The fourth-order valence-electron chi connectivity index (χ4n) is 2.20. The van der Waals surface area contributed by atoms with Gasteiger partial charge in [0.1, 0.15) is 5.75 Å². The zero-order valence-corrected chi connectivity index (χ0v) is 14.8. The molecular weight excluding hydrogens is 376 g/mol. The molecule has 0 atom stereocenters. The van der Waals surface area contributed by atoms with E-state index in [1.807, 2.05) is 0 Å². The molecule has 140 valence electrons. The molecule has 0 bridgehead atoms. The maximum Gasteiger partial charge on any atom is 0.270 e. The van der Waals surface area contributed by atoms with Crippen molar-refractivity contribution in [3.63, 3.8) is 0 Å². The first-order chi connectivity index (χ1) is 12.9. The molecule has 11 heteroatoms. The zero-order chi connectivity index (χ0) is 19.4. The minimum absolute atomic E-state index is 0.0434. The number of benzene rings is 2. The van der Waals surface area contributed by atoms with Crippen molar-refractivity contribution in [2.75, 3.05) is 7.11 Å². The van der Waals surface area contributed by atoms with Crippen LogP contribution in [-0.2, 0) is 16.6 Å². The van der Waals surface area contributed by atoms with Crippen LogP contribution in [0, 0.1) is 10.1 Å². The van der Waals surface area contributed by atoms with Gasteiger partial charge in [0.05, 0.1) is 23.5 Å². The predicted octanol–water partition coefficient (Wildman–Crippen LogP) is 2.13. The highest BCUT2D eigenvalue weighted by atomic mass is 32.2. The zero-order valence-electron chi connectivity index (χ0n) is 14.0. The number of nitrogens with one attached hydrogen (secondary N) is 1. The molecule has 1 aromatic heterocycles. The van der Waals surface area contributed by atoms with Gasteiger partial charge in [-0.2, -0.15) is 0 Å². The highest BCUT2D eigenvalue weighted by Crippen LogP contribution is 2.23. The third-order valence-electron chi connectivity index (χ3n) is 3.54. The van der Waals surface area contributed by atoms with E-state index in [9.17, 15) is 18.5 Å². The van der Waals surface area contributed by atoms with Gasteiger partial charge in [-0.1, -0.05) is 12.1 Å². The number of hydrogen-bond acceptors (Lipinski definition) is 8. The van der Waals surface area contributed by atoms with Gasteiger partial charge in [0.15, 0.2) is 0 Å². The SMILES string of the molecule is COc1cccc(-c2nnc(CNS(=O)(=O)c3cccc([N+](=O)[O-])c3)o2)c1. The van der Waals surface area contributed by atoms with Crippen LogP contribution in [0.3, 0.4) is 0 Å². The number of hydrogen-bond donors (Lipinski definition) is 1. The summed E-state index contributed by atoms with van der Waals surface area (Å²) in [6, 6.07) is 11.7. The van der Waals surface area contributed by atoms with E-state index < -0.39 is 14.9 Å². The maximum absolute atomic E-state index is 12.3. The Balaban J connectivity index is 1.74. The second kappa shape index (κ2) is 7.51. The summed E-state index contributed by atoms with van der Waals surface area (Å²) in [6.07, 6.45) is 0. The molecule has 0 aliphatic rings. The van der Waals surface area contributed by atoms with Crippen molar-refractivity contribution < 1.29 is 22.5 Å². The number of methoxy groups -OCH3 is 1. The molecule has 0 fully saturated rings. The van der Waals surface area contributed by atoms with E-state index >= 15 is 0 Å². The standard InChI is InChI=1S/C16H14N4O6S/c1-25-13-6-2-4-11(8-13)16-19-18-15(26-16)10-17-27(23,24)14-7-3-5-12(9-14)20(21)22/h2-9,17H,10H2,1H3. The van der Waals surface area contributed by atoms with Gasteiger partial charge in [0.25, 0.3) is 5.69 Å². The van der Waals surface area contributed by atoms with Crippen molar-refractivity contribution >= 4 is 15.7 Å². The molecule has 0 aliphatic carbocycles. The minimum Gasteiger partial charge on any atom is -0.497 e. The molecule has 3 aromatic rings. The van der Waals surface area contributed by atoms with E-state index in [-0.39, 0.29) is 28.9 Å². The molecule has 0 unspecified atom stereocenters. The van der Waals surface area contributed by atoms with Gasteiger partial charge in [-0.25, -0.2) is 13.1 Å². The van der Waals surface area contributed by atoms with Gasteiger partial charge in [0.2, 0.25) is 21.8 Å². The van der Waals surface area contributed by atoms with E-state index in [2.05, 4.69) is 14.9 Å². The molecule has 0 saturated carbocycles. The summed E-state index contributed by atoms with van der Waals surface area (Å²) in [7, 11) is -2.45. The summed E-state index contributed by atoms with van der Waals surface area (Å²) in [5.74, 6) is 0.860. The van der Waals surface area contributed by atoms with Crippen LogP contribution in [0.15, 0.2) is 57.8 Å². The molecule has 3 rings (SSSR count). The Kier molecular flexibility index (Phi) is 5.14. The predicted molar refractivity (Wildman–Crippen MR) is 93.4 cm³/mol. The number of sulfonamides is 1. The van der Waals surface area contributed by atoms with Crippen molar-refractivity contribution in [1.82, 2.24) is 14.9 Å². The van der Waals surface area contributed by atoms with Gasteiger partial charge in [-0.15, -0.1) is 10.2 Å². The molecule has 2 aromatic carbocycles. The Bertz CT molecular complexity index is 1080. The lowest BCUT2D eigenvalue weighted by Crippen LogP contribution is -2.23.